The van der Waals surface area contributed by atoms with Gasteiger partial charge in [0.2, 0.25) is 0 Å². The molecule has 0 saturated heterocycles. The number of aromatic carboxylic acids is 1. The Balaban J connectivity index is 2.16. The van der Waals surface area contributed by atoms with E-state index in [0.29, 0.717) is 5.65 Å². The molecule has 0 amide bonds. The van der Waals surface area contributed by atoms with Gasteiger partial charge >= 0.3 is 5.97 Å². The summed E-state index contributed by atoms with van der Waals surface area (Å²) in [6.45, 7) is 5.94. The number of carboxylic acids is 1. The van der Waals surface area contributed by atoms with Gasteiger partial charge in [0, 0.05) is 6.20 Å². The van der Waals surface area contributed by atoms with Crippen LogP contribution in [0.1, 0.15) is 34.1 Å². The number of pyridine rings is 1. The van der Waals surface area contributed by atoms with Crippen molar-refractivity contribution in [2.45, 2.75) is 27.2 Å². The standard InChI is InChI=1S/C18H18N4O2/c1-4-13-7-5-6-12(3)15(13)20-21-17-16(18(23)24)19-14-10-11(2)8-9-22(14)17/h5-10H,4H2,1-3H3,(H,23,24). The Bertz CT molecular complexity index is 957. The maximum atomic E-state index is 11.5. The summed E-state index contributed by atoms with van der Waals surface area (Å²) < 4.78 is 1.64. The third-order valence-corrected chi connectivity index (χ3v) is 3.91. The molecule has 2 aromatic heterocycles. The Kier molecular flexibility index (Phi) is 4.12. The molecule has 0 aliphatic heterocycles. The zero-order chi connectivity index (χ0) is 17.3. The summed E-state index contributed by atoms with van der Waals surface area (Å²) in [5, 5.41) is 18.0. The predicted molar refractivity (Wildman–Crippen MR) is 91.6 cm³/mol. The van der Waals surface area contributed by atoms with Gasteiger partial charge in [-0.25, -0.2) is 9.78 Å². The van der Waals surface area contributed by atoms with E-state index in [1.165, 1.54) is 0 Å². The first-order valence-corrected chi connectivity index (χ1v) is 7.73. The van der Waals surface area contributed by atoms with E-state index in [-0.39, 0.29) is 11.5 Å². The van der Waals surface area contributed by atoms with Gasteiger partial charge in [0.05, 0.1) is 5.69 Å². The van der Waals surface area contributed by atoms with E-state index < -0.39 is 5.97 Å². The van der Waals surface area contributed by atoms with Crippen LogP contribution in [-0.2, 0) is 6.42 Å². The van der Waals surface area contributed by atoms with Gasteiger partial charge in [0.25, 0.3) is 0 Å². The quantitative estimate of drug-likeness (QED) is 0.711. The molecule has 24 heavy (non-hydrogen) atoms. The van der Waals surface area contributed by atoms with Crippen LogP contribution in [0.25, 0.3) is 5.65 Å². The van der Waals surface area contributed by atoms with Gasteiger partial charge in [-0.1, -0.05) is 25.1 Å². The lowest BCUT2D eigenvalue weighted by atomic mass is 10.1. The van der Waals surface area contributed by atoms with Crippen LogP contribution >= 0.6 is 0 Å². The molecule has 0 atom stereocenters. The Morgan fingerprint density at radius 1 is 1.25 bits per heavy atom. The Morgan fingerprint density at radius 3 is 2.75 bits per heavy atom. The molecule has 0 aliphatic rings. The number of imidazole rings is 1. The van der Waals surface area contributed by atoms with Crippen molar-refractivity contribution >= 4 is 23.1 Å². The minimum absolute atomic E-state index is 0.101. The molecule has 122 valence electrons. The fourth-order valence-electron chi connectivity index (χ4n) is 2.62. The van der Waals surface area contributed by atoms with Gasteiger partial charge < -0.3 is 5.11 Å². The second-order valence-corrected chi connectivity index (χ2v) is 5.66. The number of azo groups is 1. The largest absolute Gasteiger partial charge is 0.476 e. The monoisotopic (exact) mass is 322 g/mol. The third kappa shape index (κ3) is 2.78. The lowest BCUT2D eigenvalue weighted by Crippen LogP contribution is -1.96. The van der Waals surface area contributed by atoms with Crippen molar-refractivity contribution in [1.82, 2.24) is 9.38 Å². The smallest absolute Gasteiger partial charge is 0.358 e. The summed E-state index contributed by atoms with van der Waals surface area (Å²) >= 11 is 0. The average molecular weight is 322 g/mol. The van der Waals surface area contributed by atoms with E-state index in [9.17, 15) is 9.90 Å². The number of nitrogens with zero attached hydrogens (tertiary/aromatic N) is 4. The molecule has 1 aromatic carbocycles. The summed E-state index contributed by atoms with van der Waals surface area (Å²) in [4.78, 5) is 15.7. The van der Waals surface area contributed by atoms with Gasteiger partial charge in [0.1, 0.15) is 5.65 Å². The topological polar surface area (TPSA) is 79.3 Å². The molecular formula is C18H18N4O2. The van der Waals surface area contributed by atoms with Gasteiger partial charge in [-0.3, -0.25) is 4.40 Å². The van der Waals surface area contributed by atoms with Crippen molar-refractivity contribution in [2.24, 2.45) is 10.2 Å². The lowest BCUT2D eigenvalue weighted by Gasteiger charge is -2.05. The molecule has 1 N–H and O–H groups in total. The summed E-state index contributed by atoms with van der Waals surface area (Å²) in [7, 11) is 0. The van der Waals surface area contributed by atoms with Crippen LogP contribution in [0.5, 0.6) is 0 Å². The molecule has 0 spiro atoms. The Hall–Kier alpha value is -3.02. The van der Waals surface area contributed by atoms with Crippen molar-refractivity contribution in [1.29, 1.82) is 0 Å². The maximum Gasteiger partial charge on any atom is 0.358 e. The van der Waals surface area contributed by atoms with Crippen LogP contribution in [0.3, 0.4) is 0 Å². The van der Waals surface area contributed by atoms with E-state index in [0.717, 1.165) is 28.8 Å². The SMILES string of the molecule is CCc1cccc(C)c1N=Nc1c(C(=O)O)nc2cc(C)ccn12. The highest BCUT2D eigenvalue weighted by Crippen LogP contribution is 2.29. The number of fused-ring (bicyclic) bond motifs is 1. The molecule has 0 aliphatic carbocycles. The highest BCUT2D eigenvalue weighted by Gasteiger charge is 2.18. The van der Waals surface area contributed by atoms with Crippen LogP contribution in [-0.4, -0.2) is 20.5 Å². The van der Waals surface area contributed by atoms with Crippen molar-refractivity contribution in [3.63, 3.8) is 0 Å². The first-order valence-electron chi connectivity index (χ1n) is 7.73. The van der Waals surface area contributed by atoms with Crippen LogP contribution in [0.2, 0.25) is 0 Å². The van der Waals surface area contributed by atoms with E-state index in [1.807, 2.05) is 51.1 Å². The number of carbonyl (C=O) groups is 1. The number of rotatable bonds is 4. The summed E-state index contributed by atoms with van der Waals surface area (Å²) in [5.41, 5.74) is 4.29. The molecular weight excluding hydrogens is 304 g/mol. The molecule has 3 rings (SSSR count). The zero-order valence-corrected chi connectivity index (χ0v) is 13.8. The fourth-order valence-corrected chi connectivity index (χ4v) is 2.62. The van der Waals surface area contributed by atoms with Crippen molar-refractivity contribution in [3.8, 4) is 0 Å². The first kappa shape index (κ1) is 15.9. The fraction of sp³-hybridized carbons (Fsp3) is 0.222. The number of hydrogen-bond acceptors (Lipinski definition) is 4. The average Bonchev–Trinajstić information content (AvgIpc) is 2.91. The number of hydrogen-bond donors (Lipinski definition) is 1. The molecule has 3 aromatic rings. The molecule has 0 saturated carbocycles. The minimum atomic E-state index is -1.12. The van der Waals surface area contributed by atoms with E-state index in [4.69, 9.17) is 0 Å². The Labute approximate surface area is 139 Å². The van der Waals surface area contributed by atoms with Crippen molar-refractivity contribution in [3.05, 3.63) is 58.9 Å². The van der Waals surface area contributed by atoms with Crippen LogP contribution in [0.15, 0.2) is 46.8 Å². The number of aryl methyl sites for hydroxylation is 3. The molecule has 0 fully saturated rings. The minimum Gasteiger partial charge on any atom is -0.476 e. The van der Waals surface area contributed by atoms with E-state index >= 15 is 0 Å². The number of carboxylic acid groups (broad SMARTS) is 1. The first-order chi connectivity index (χ1) is 11.5. The summed E-state index contributed by atoms with van der Waals surface area (Å²) in [6, 6.07) is 9.63. The summed E-state index contributed by atoms with van der Waals surface area (Å²) in [6.07, 6.45) is 2.59. The molecule has 6 nitrogen and oxygen atoms in total. The van der Waals surface area contributed by atoms with Gasteiger partial charge in [-0.2, -0.15) is 0 Å². The molecule has 0 radical (unpaired) electrons. The third-order valence-electron chi connectivity index (χ3n) is 3.91. The van der Waals surface area contributed by atoms with E-state index in [1.54, 1.807) is 10.6 Å². The highest BCUT2D eigenvalue weighted by molar-refractivity contribution is 5.91. The molecule has 6 heteroatoms. The summed E-state index contributed by atoms with van der Waals surface area (Å²) in [5.74, 6) is -0.895. The van der Waals surface area contributed by atoms with Gasteiger partial charge in [-0.15, -0.1) is 10.2 Å². The van der Waals surface area contributed by atoms with Gasteiger partial charge in [-0.05, 0) is 49.1 Å². The number of benzene rings is 1. The van der Waals surface area contributed by atoms with Crippen LogP contribution in [0.4, 0.5) is 11.5 Å². The second-order valence-electron chi connectivity index (χ2n) is 5.66. The normalized spacial score (nSPS) is 11.5. The van der Waals surface area contributed by atoms with Crippen molar-refractivity contribution in [2.75, 3.05) is 0 Å². The number of aromatic nitrogens is 2. The van der Waals surface area contributed by atoms with Gasteiger partial charge in [0.15, 0.2) is 11.5 Å². The Morgan fingerprint density at radius 2 is 2.04 bits per heavy atom. The molecule has 0 unspecified atom stereocenters. The molecule has 2 heterocycles. The van der Waals surface area contributed by atoms with Crippen molar-refractivity contribution < 1.29 is 9.90 Å². The van der Waals surface area contributed by atoms with Crippen LogP contribution < -0.4 is 0 Å². The lowest BCUT2D eigenvalue weighted by molar-refractivity contribution is 0.0692. The highest BCUT2D eigenvalue weighted by atomic mass is 16.4. The molecule has 0 bridgehead atoms. The van der Waals surface area contributed by atoms with Crippen LogP contribution in [0, 0.1) is 13.8 Å². The second kappa shape index (κ2) is 6.23. The maximum absolute atomic E-state index is 11.5. The zero-order valence-electron chi connectivity index (χ0n) is 13.8. The van der Waals surface area contributed by atoms with E-state index in [2.05, 4.69) is 15.2 Å². The predicted octanol–water partition coefficient (Wildman–Crippen LogP) is 4.63.